The Balaban J connectivity index is 2.05. The Morgan fingerprint density at radius 3 is 2.15 bits per heavy atom. The minimum atomic E-state index is -4.09. The molecule has 2 fully saturated rings. The van der Waals surface area contributed by atoms with Crippen molar-refractivity contribution in [3.63, 3.8) is 0 Å². The van der Waals surface area contributed by atoms with Crippen molar-refractivity contribution < 1.29 is 13.2 Å². The molecule has 1 N–H and O–H groups in total. The molecule has 1 aliphatic heterocycles. The Kier molecular flexibility index (Phi) is 5.35. The van der Waals surface area contributed by atoms with E-state index in [2.05, 4.69) is 19.2 Å². The van der Waals surface area contributed by atoms with Gasteiger partial charge in [-0.05, 0) is 57.0 Å². The van der Waals surface area contributed by atoms with Gasteiger partial charge in [-0.15, -0.1) is 0 Å². The first-order chi connectivity index (χ1) is 9.37. The number of rotatable bonds is 3. The van der Waals surface area contributed by atoms with Gasteiger partial charge in [0, 0.05) is 12.1 Å². The Labute approximate surface area is 120 Å². The van der Waals surface area contributed by atoms with Crippen LogP contribution in [0, 0.1) is 11.8 Å². The number of nitrogens with one attached hydrogen (secondary N) is 1. The Bertz CT molecular complexity index is 300. The third-order valence-corrected chi connectivity index (χ3v) is 5.18. The Morgan fingerprint density at radius 2 is 1.60 bits per heavy atom. The molecule has 0 aromatic heterocycles. The predicted molar refractivity (Wildman–Crippen MR) is 74.6 cm³/mol. The van der Waals surface area contributed by atoms with Gasteiger partial charge in [0.2, 0.25) is 0 Å². The lowest BCUT2D eigenvalue weighted by atomic mass is 9.78. The highest BCUT2D eigenvalue weighted by Gasteiger charge is 2.39. The molecule has 0 aromatic rings. The van der Waals surface area contributed by atoms with E-state index in [1.54, 1.807) is 4.90 Å². The summed E-state index contributed by atoms with van der Waals surface area (Å²) in [7, 11) is 0. The van der Waals surface area contributed by atoms with Gasteiger partial charge >= 0.3 is 6.18 Å². The number of hydrogen-bond acceptors (Lipinski definition) is 2. The first kappa shape index (κ1) is 16.1. The Morgan fingerprint density at radius 1 is 0.950 bits per heavy atom. The monoisotopic (exact) mass is 292 g/mol. The molecule has 5 heteroatoms. The number of hydrogen-bond donors (Lipinski definition) is 1. The van der Waals surface area contributed by atoms with E-state index in [0.29, 0.717) is 11.8 Å². The molecule has 2 aliphatic rings. The first-order valence-corrected chi connectivity index (χ1v) is 7.90. The van der Waals surface area contributed by atoms with Gasteiger partial charge in [-0.1, -0.05) is 13.8 Å². The third kappa shape index (κ3) is 4.35. The van der Waals surface area contributed by atoms with E-state index in [-0.39, 0.29) is 12.1 Å². The van der Waals surface area contributed by atoms with E-state index in [4.69, 9.17) is 0 Å². The van der Waals surface area contributed by atoms with Crippen molar-refractivity contribution in [3.05, 3.63) is 0 Å². The number of nitrogens with zero attached hydrogens (tertiary/aromatic N) is 1. The summed E-state index contributed by atoms with van der Waals surface area (Å²) in [6, 6.07) is 0.217. The van der Waals surface area contributed by atoms with Crippen molar-refractivity contribution in [1.29, 1.82) is 0 Å². The van der Waals surface area contributed by atoms with Gasteiger partial charge in [0.25, 0.3) is 0 Å². The number of piperidine rings is 1. The zero-order valence-electron chi connectivity index (χ0n) is 12.5. The first-order valence-electron chi connectivity index (χ1n) is 7.90. The molecule has 20 heavy (non-hydrogen) atoms. The summed E-state index contributed by atoms with van der Waals surface area (Å²) in [6.07, 6.45) is 0.502. The highest BCUT2D eigenvalue weighted by molar-refractivity contribution is 4.88. The van der Waals surface area contributed by atoms with E-state index in [9.17, 15) is 13.2 Å². The molecular formula is C15H27F3N2. The van der Waals surface area contributed by atoms with Gasteiger partial charge in [0.15, 0.2) is 0 Å². The maximum atomic E-state index is 12.9. The molecule has 118 valence electrons. The van der Waals surface area contributed by atoms with Crippen LogP contribution in [0.4, 0.5) is 13.2 Å². The van der Waals surface area contributed by atoms with Gasteiger partial charge in [-0.3, -0.25) is 4.90 Å². The van der Waals surface area contributed by atoms with Crippen LogP contribution in [0.1, 0.15) is 46.0 Å². The maximum Gasteiger partial charge on any atom is 0.401 e. The van der Waals surface area contributed by atoms with Crippen molar-refractivity contribution in [2.75, 3.05) is 19.6 Å². The van der Waals surface area contributed by atoms with Gasteiger partial charge in [-0.2, -0.15) is 13.2 Å². The minimum Gasteiger partial charge on any atom is -0.317 e. The summed E-state index contributed by atoms with van der Waals surface area (Å²) < 4.78 is 38.8. The molecular weight excluding hydrogens is 265 g/mol. The fourth-order valence-corrected chi connectivity index (χ4v) is 3.72. The Hall–Kier alpha value is -0.290. The van der Waals surface area contributed by atoms with Crippen LogP contribution in [0.3, 0.4) is 0 Å². The van der Waals surface area contributed by atoms with Crippen molar-refractivity contribution in [1.82, 2.24) is 10.2 Å². The fraction of sp³-hybridized carbons (Fsp3) is 1.00. The smallest absolute Gasteiger partial charge is 0.317 e. The summed E-state index contributed by atoms with van der Waals surface area (Å²) in [5, 5.41) is 3.24. The standard InChI is InChI=1S/C15H27F3N2/c1-11-3-4-14(9-12(11)2)20(10-15(16,17)18)13-5-7-19-8-6-13/h11-14,19H,3-10H2,1-2H3. The maximum absolute atomic E-state index is 12.9. The van der Waals surface area contributed by atoms with Crippen LogP contribution in [0.2, 0.25) is 0 Å². The van der Waals surface area contributed by atoms with Crippen LogP contribution in [0.5, 0.6) is 0 Å². The molecule has 0 spiro atoms. The molecule has 1 aliphatic carbocycles. The summed E-state index contributed by atoms with van der Waals surface area (Å²) in [5.41, 5.74) is 0. The second kappa shape index (κ2) is 6.65. The molecule has 2 rings (SSSR count). The van der Waals surface area contributed by atoms with Gasteiger partial charge in [0.1, 0.15) is 0 Å². The second-order valence-corrected chi connectivity index (χ2v) is 6.69. The van der Waals surface area contributed by atoms with Crippen LogP contribution in [-0.2, 0) is 0 Å². The van der Waals surface area contributed by atoms with Crippen LogP contribution in [0.15, 0.2) is 0 Å². The predicted octanol–water partition coefficient (Wildman–Crippen LogP) is 3.43. The number of alkyl halides is 3. The van der Waals surface area contributed by atoms with Crippen LogP contribution in [-0.4, -0.2) is 42.8 Å². The third-order valence-electron chi connectivity index (χ3n) is 5.18. The van der Waals surface area contributed by atoms with Crippen molar-refractivity contribution in [3.8, 4) is 0 Å². The molecule has 2 nitrogen and oxygen atoms in total. The molecule has 0 bridgehead atoms. The highest BCUT2D eigenvalue weighted by Crippen LogP contribution is 2.35. The normalized spacial score (nSPS) is 33.6. The summed E-state index contributed by atoms with van der Waals surface area (Å²) in [6.45, 7) is 5.36. The quantitative estimate of drug-likeness (QED) is 0.857. The van der Waals surface area contributed by atoms with E-state index >= 15 is 0 Å². The van der Waals surface area contributed by atoms with Gasteiger partial charge < -0.3 is 5.32 Å². The lowest BCUT2D eigenvalue weighted by Gasteiger charge is -2.44. The molecule has 3 unspecified atom stereocenters. The topological polar surface area (TPSA) is 15.3 Å². The zero-order chi connectivity index (χ0) is 14.8. The molecule has 1 heterocycles. The molecule has 0 radical (unpaired) electrons. The zero-order valence-corrected chi connectivity index (χ0v) is 12.5. The van der Waals surface area contributed by atoms with E-state index in [0.717, 1.165) is 45.2 Å². The molecule has 1 saturated heterocycles. The second-order valence-electron chi connectivity index (χ2n) is 6.69. The van der Waals surface area contributed by atoms with Crippen LogP contribution >= 0.6 is 0 Å². The van der Waals surface area contributed by atoms with Crippen molar-refractivity contribution >= 4 is 0 Å². The average Bonchev–Trinajstić information content (AvgIpc) is 2.39. The lowest BCUT2D eigenvalue weighted by molar-refractivity contribution is -0.161. The minimum absolute atomic E-state index is 0.100. The number of halogens is 3. The average molecular weight is 292 g/mol. The summed E-state index contributed by atoms with van der Waals surface area (Å²) in [5.74, 6) is 1.18. The van der Waals surface area contributed by atoms with Crippen molar-refractivity contribution in [2.45, 2.75) is 64.2 Å². The van der Waals surface area contributed by atoms with Crippen LogP contribution in [0.25, 0.3) is 0 Å². The molecule has 0 amide bonds. The van der Waals surface area contributed by atoms with Gasteiger partial charge in [-0.25, -0.2) is 0 Å². The van der Waals surface area contributed by atoms with E-state index in [1.807, 2.05) is 0 Å². The largest absolute Gasteiger partial charge is 0.401 e. The van der Waals surface area contributed by atoms with Crippen LogP contribution < -0.4 is 5.32 Å². The molecule has 1 saturated carbocycles. The molecule has 0 aromatic carbocycles. The molecule has 3 atom stereocenters. The van der Waals surface area contributed by atoms with E-state index < -0.39 is 12.7 Å². The van der Waals surface area contributed by atoms with E-state index in [1.165, 1.54) is 0 Å². The fourth-order valence-electron chi connectivity index (χ4n) is 3.72. The lowest BCUT2D eigenvalue weighted by Crippen LogP contribution is -2.53. The van der Waals surface area contributed by atoms with Crippen molar-refractivity contribution in [2.24, 2.45) is 11.8 Å². The summed E-state index contributed by atoms with van der Waals surface area (Å²) >= 11 is 0. The summed E-state index contributed by atoms with van der Waals surface area (Å²) in [4.78, 5) is 1.78. The van der Waals surface area contributed by atoms with Gasteiger partial charge in [0.05, 0.1) is 6.54 Å². The highest BCUT2D eigenvalue weighted by atomic mass is 19.4. The SMILES string of the molecule is CC1CCC(N(CC(F)(F)F)C2CCNCC2)CC1C.